The van der Waals surface area contributed by atoms with E-state index < -0.39 is 40.8 Å². The first-order valence-electron chi connectivity index (χ1n) is 8.56. The van der Waals surface area contributed by atoms with Gasteiger partial charge in [-0.15, -0.1) is 6.42 Å². The largest absolute Gasteiger partial charge is 0.481 e. The van der Waals surface area contributed by atoms with Crippen LogP contribution in [0.1, 0.15) is 11.1 Å². The number of anilines is 1. The van der Waals surface area contributed by atoms with E-state index in [1.165, 1.54) is 12.1 Å². The lowest BCUT2D eigenvalue weighted by atomic mass is 10.1. The number of amides is 4. The molecule has 1 heterocycles. The highest BCUT2D eigenvalue weighted by molar-refractivity contribution is 6.42. The molecule has 0 atom stereocenters. The molecule has 2 aromatic carbocycles. The van der Waals surface area contributed by atoms with Crippen molar-refractivity contribution >= 4 is 41.2 Å². The summed E-state index contributed by atoms with van der Waals surface area (Å²) in [6.45, 7) is -0.00420. The van der Waals surface area contributed by atoms with Crippen LogP contribution in [0, 0.1) is 12.3 Å². The monoisotopic (exact) mass is 448 g/mol. The molecule has 3 rings (SSSR count). The first-order valence-corrected chi connectivity index (χ1v) is 8.94. The molecule has 1 saturated heterocycles. The third kappa shape index (κ3) is 4.70. The van der Waals surface area contributed by atoms with Gasteiger partial charge in [0.1, 0.15) is 17.9 Å². The van der Waals surface area contributed by atoms with E-state index in [0.717, 1.165) is 6.07 Å². The summed E-state index contributed by atoms with van der Waals surface area (Å²) in [6, 6.07) is 7.17. The molecule has 0 aromatic heterocycles. The number of halogens is 4. The Morgan fingerprint density at radius 2 is 1.90 bits per heavy atom. The fraction of sp³-hybridized carbons (Fsp3) is 0.0952. The second-order valence-corrected chi connectivity index (χ2v) is 6.59. The fourth-order valence-electron chi connectivity index (χ4n) is 2.72. The van der Waals surface area contributed by atoms with Crippen LogP contribution >= 0.6 is 11.6 Å². The number of carbonyl (C=O) groups excluding carboxylic acids is 3. The van der Waals surface area contributed by atoms with Crippen LogP contribution in [0.4, 0.5) is 23.7 Å². The summed E-state index contributed by atoms with van der Waals surface area (Å²) in [5.74, 6) is 0.509. The number of nitrogens with one attached hydrogen (secondary N) is 1. The molecule has 6 nitrogen and oxygen atoms in total. The predicted octanol–water partition coefficient (Wildman–Crippen LogP) is 4.04. The number of benzene rings is 2. The van der Waals surface area contributed by atoms with Gasteiger partial charge in [0.15, 0.2) is 0 Å². The Morgan fingerprint density at radius 3 is 2.58 bits per heavy atom. The maximum atomic E-state index is 13.1. The van der Waals surface area contributed by atoms with Crippen LogP contribution in [0.3, 0.4) is 0 Å². The van der Waals surface area contributed by atoms with Crippen molar-refractivity contribution in [1.82, 2.24) is 5.32 Å². The lowest BCUT2D eigenvalue weighted by Gasteiger charge is -2.27. The average molecular weight is 449 g/mol. The van der Waals surface area contributed by atoms with E-state index in [2.05, 4.69) is 5.92 Å². The molecule has 10 heteroatoms. The van der Waals surface area contributed by atoms with Crippen LogP contribution in [0.2, 0.25) is 5.02 Å². The molecule has 31 heavy (non-hydrogen) atoms. The van der Waals surface area contributed by atoms with Gasteiger partial charge in [-0.3, -0.25) is 14.9 Å². The predicted molar refractivity (Wildman–Crippen MR) is 106 cm³/mol. The maximum absolute atomic E-state index is 13.1. The van der Waals surface area contributed by atoms with Crippen molar-refractivity contribution in [2.45, 2.75) is 6.18 Å². The number of rotatable bonds is 4. The van der Waals surface area contributed by atoms with E-state index in [1.54, 1.807) is 18.2 Å². The van der Waals surface area contributed by atoms with Crippen molar-refractivity contribution in [1.29, 1.82) is 0 Å². The second-order valence-electron chi connectivity index (χ2n) is 6.19. The van der Waals surface area contributed by atoms with E-state index in [1.807, 2.05) is 5.32 Å². The van der Waals surface area contributed by atoms with Crippen molar-refractivity contribution < 1.29 is 32.3 Å². The minimum Gasteiger partial charge on any atom is -0.481 e. The normalized spacial score (nSPS) is 15.6. The maximum Gasteiger partial charge on any atom is 0.416 e. The average Bonchev–Trinajstić information content (AvgIpc) is 2.70. The Balaban J connectivity index is 2.02. The minimum absolute atomic E-state index is 0.00420. The molecule has 158 valence electrons. The van der Waals surface area contributed by atoms with Gasteiger partial charge in [0, 0.05) is 0 Å². The molecule has 2 aromatic rings. The van der Waals surface area contributed by atoms with Crippen LogP contribution in [-0.2, 0) is 15.8 Å². The smallest absolute Gasteiger partial charge is 0.416 e. The fourth-order valence-corrected chi connectivity index (χ4v) is 2.92. The van der Waals surface area contributed by atoms with Gasteiger partial charge in [0.25, 0.3) is 11.8 Å². The quantitative estimate of drug-likeness (QED) is 0.435. The summed E-state index contributed by atoms with van der Waals surface area (Å²) in [4.78, 5) is 37.8. The second kappa shape index (κ2) is 8.53. The summed E-state index contributed by atoms with van der Waals surface area (Å²) >= 11 is 5.95. The molecule has 1 fully saturated rings. The Kier molecular flexibility index (Phi) is 6.04. The summed E-state index contributed by atoms with van der Waals surface area (Å²) < 4.78 is 44.5. The molecule has 0 bridgehead atoms. The molecule has 0 radical (unpaired) electrons. The SMILES string of the molecule is C#CCOc1cccc(/C=C2\C(=O)NC(=O)N(c3cc(C(F)(F)F)ccc3Cl)C2=O)c1. The van der Waals surface area contributed by atoms with Gasteiger partial charge in [0.2, 0.25) is 0 Å². The number of urea groups is 1. The van der Waals surface area contributed by atoms with Crippen LogP contribution in [0.25, 0.3) is 6.08 Å². The molecule has 0 saturated carbocycles. The molecular weight excluding hydrogens is 437 g/mol. The van der Waals surface area contributed by atoms with Gasteiger partial charge >= 0.3 is 12.2 Å². The number of carbonyl (C=O) groups is 3. The molecule has 1 N–H and O–H groups in total. The molecule has 1 aliphatic rings. The lowest BCUT2D eigenvalue weighted by molar-refractivity contribution is -0.137. The number of terminal acetylenes is 1. The summed E-state index contributed by atoms with van der Waals surface area (Å²) in [5.41, 5.74) is -1.75. The van der Waals surface area contributed by atoms with Crippen molar-refractivity contribution in [3.8, 4) is 18.1 Å². The summed E-state index contributed by atoms with van der Waals surface area (Å²) in [6.07, 6.45) is 1.56. The minimum atomic E-state index is -4.73. The zero-order valence-corrected chi connectivity index (χ0v) is 16.3. The first-order chi connectivity index (χ1) is 14.6. The van der Waals surface area contributed by atoms with E-state index >= 15 is 0 Å². The van der Waals surface area contributed by atoms with Crippen LogP contribution in [-0.4, -0.2) is 24.5 Å². The number of imide groups is 2. The van der Waals surface area contributed by atoms with Gasteiger partial charge in [-0.05, 0) is 42.0 Å². The van der Waals surface area contributed by atoms with Crippen molar-refractivity contribution in [3.05, 3.63) is 64.2 Å². The number of ether oxygens (including phenoxy) is 1. The number of alkyl halides is 3. The first kappa shape index (κ1) is 21.9. The van der Waals surface area contributed by atoms with Gasteiger partial charge < -0.3 is 4.74 Å². The highest BCUT2D eigenvalue weighted by Gasteiger charge is 2.39. The molecular formula is C21H12ClF3N2O4. The van der Waals surface area contributed by atoms with E-state index in [9.17, 15) is 27.6 Å². The van der Waals surface area contributed by atoms with Crippen LogP contribution in [0.15, 0.2) is 48.0 Å². The number of hydrogen-bond donors (Lipinski definition) is 1. The zero-order valence-electron chi connectivity index (χ0n) is 15.5. The van der Waals surface area contributed by atoms with Gasteiger partial charge in [-0.2, -0.15) is 13.2 Å². The number of barbiturate groups is 1. The van der Waals surface area contributed by atoms with Gasteiger partial charge in [0.05, 0.1) is 16.3 Å². The molecule has 0 aliphatic carbocycles. The number of nitrogens with zero attached hydrogens (tertiary/aromatic N) is 1. The summed E-state index contributed by atoms with van der Waals surface area (Å²) in [7, 11) is 0. The van der Waals surface area contributed by atoms with E-state index in [4.69, 9.17) is 22.8 Å². The molecule has 0 unspecified atom stereocenters. The molecule has 4 amide bonds. The number of hydrogen-bond acceptors (Lipinski definition) is 4. The Hall–Kier alpha value is -3.77. The third-order valence-electron chi connectivity index (χ3n) is 4.11. The Bertz CT molecular complexity index is 1150. The van der Waals surface area contributed by atoms with E-state index in [-0.39, 0.29) is 11.6 Å². The summed E-state index contributed by atoms with van der Waals surface area (Å²) in [5, 5.41) is 1.64. The van der Waals surface area contributed by atoms with Gasteiger partial charge in [-0.1, -0.05) is 29.7 Å². The standard InChI is InChI=1S/C21H12ClF3N2O4/c1-2-8-31-14-5-3-4-12(9-14)10-15-18(28)26-20(30)27(19(15)29)17-11-13(21(23,24)25)6-7-16(17)22/h1,3-7,9-11H,8H2,(H,26,28,30)/b15-10+. The van der Waals surface area contributed by atoms with Gasteiger partial charge in [-0.25, -0.2) is 9.69 Å². The van der Waals surface area contributed by atoms with Crippen LogP contribution < -0.4 is 15.0 Å². The third-order valence-corrected chi connectivity index (χ3v) is 4.43. The lowest BCUT2D eigenvalue weighted by Crippen LogP contribution is -2.54. The van der Waals surface area contributed by atoms with Crippen LogP contribution in [0.5, 0.6) is 5.75 Å². The topological polar surface area (TPSA) is 75.7 Å². The highest BCUT2D eigenvalue weighted by atomic mass is 35.5. The zero-order chi connectivity index (χ0) is 22.8. The Morgan fingerprint density at radius 1 is 1.16 bits per heavy atom. The van der Waals surface area contributed by atoms with Crippen molar-refractivity contribution in [2.24, 2.45) is 0 Å². The van der Waals surface area contributed by atoms with E-state index in [0.29, 0.717) is 28.3 Å². The van der Waals surface area contributed by atoms with Crippen molar-refractivity contribution in [3.63, 3.8) is 0 Å². The molecule has 1 aliphatic heterocycles. The van der Waals surface area contributed by atoms with Crippen molar-refractivity contribution in [2.75, 3.05) is 11.5 Å². The highest BCUT2D eigenvalue weighted by Crippen LogP contribution is 2.36. The Labute approximate surface area is 179 Å². The molecule has 0 spiro atoms.